The van der Waals surface area contributed by atoms with Crippen LogP contribution >= 0.6 is 0 Å². The van der Waals surface area contributed by atoms with E-state index in [4.69, 9.17) is 0 Å². The molecule has 0 aliphatic heterocycles. The summed E-state index contributed by atoms with van der Waals surface area (Å²) in [6.45, 7) is 9.92. The summed E-state index contributed by atoms with van der Waals surface area (Å²) < 4.78 is 0. The third kappa shape index (κ3) is 5.31. The lowest BCUT2D eigenvalue weighted by Gasteiger charge is -2.36. The van der Waals surface area contributed by atoms with Crippen LogP contribution in [-0.4, -0.2) is 0 Å². The number of allylic oxidation sites excluding steroid dienone is 3. The van der Waals surface area contributed by atoms with Crippen LogP contribution in [-0.2, 0) is 10.8 Å². The van der Waals surface area contributed by atoms with Crippen molar-refractivity contribution in [3.05, 3.63) is 222 Å². The first kappa shape index (κ1) is 34.1. The molecule has 0 saturated carbocycles. The van der Waals surface area contributed by atoms with E-state index < -0.39 is 0 Å². The van der Waals surface area contributed by atoms with Crippen molar-refractivity contribution in [3.8, 4) is 22.3 Å². The molecule has 0 radical (unpaired) electrons. The molecule has 0 bridgehead atoms. The van der Waals surface area contributed by atoms with Gasteiger partial charge in [0.15, 0.2) is 0 Å². The number of hydrogen-bond acceptors (Lipinski definition) is 2. The first-order valence-electron chi connectivity index (χ1n) is 19.9. The summed E-state index contributed by atoms with van der Waals surface area (Å²) in [7, 11) is 0. The fraction of sp³-hybridized carbons (Fsp3) is 0.148. The van der Waals surface area contributed by atoms with Gasteiger partial charge in [0.05, 0.1) is 0 Å². The maximum Gasteiger partial charge on any atom is 0.0471 e. The molecule has 0 N–H and O–H groups in total. The minimum atomic E-state index is -0.240. The summed E-state index contributed by atoms with van der Waals surface area (Å²) in [5.74, 6) is 0.604. The molecule has 10 rings (SSSR count). The Morgan fingerprint density at radius 1 is 0.464 bits per heavy atom. The van der Waals surface area contributed by atoms with Gasteiger partial charge in [-0.25, -0.2) is 0 Å². The van der Waals surface area contributed by atoms with Crippen molar-refractivity contribution in [2.24, 2.45) is 5.92 Å². The predicted octanol–water partition coefficient (Wildman–Crippen LogP) is 14.4. The molecule has 2 unspecified atom stereocenters. The lowest BCUT2D eigenvalue weighted by molar-refractivity contribution is 0.387. The normalized spacial score (nSPS) is 18.0. The Hall–Kier alpha value is -6.38. The van der Waals surface area contributed by atoms with Crippen LogP contribution in [0, 0.1) is 5.92 Å². The Bertz CT molecular complexity index is 2540. The standard InChI is InChI=1S/C54H46N2/c1-53(2)48-35-42(55(38-22-12-6-13-23-38)39-24-14-7-15-25-39)30-31-44(48)45-32-33-46-50-47(37-20-10-5-11-21-37)34-43(36-49(50)54(3,4)52(46)51(45)53)56(40-26-16-8-17-27-40)41-28-18-9-19-29-41/h5-36,44,48H,1-4H3. The number of fused-ring (bicyclic) bond motifs is 7. The number of nitrogens with zero attached hydrogens (tertiary/aromatic N) is 2. The minimum Gasteiger partial charge on any atom is -0.311 e. The highest BCUT2D eigenvalue weighted by molar-refractivity contribution is 5.97. The molecule has 2 nitrogen and oxygen atoms in total. The van der Waals surface area contributed by atoms with Gasteiger partial charge in [-0.1, -0.05) is 155 Å². The Morgan fingerprint density at radius 3 is 1.50 bits per heavy atom. The third-order valence-electron chi connectivity index (χ3n) is 12.6. The molecule has 56 heavy (non-hydrogen) atoms. The molecule has 0 amide bonds. The Kier molecular flexibility index (Phi) is 8.01. The molecule has 2 atom stereocenters. The second-order valence-corrected chi connectivity index (χ2v) is 16.6. The Morgan fingerprint density at radius 2 is 0.964 bits per heavy atom. The number of benzene rings is 7. The van der Waals surface area contributed by atoms with E-state index in [9.17, 15) is 0 Å². The molecule has 7 aromatic rings. The fourth-order valence-electron chi connectivity index (χ4n) is 10.1. The van der Waals surface area contributed by atoms with Crippen LogP contribution in [0.1, 0.15) is 55.9 Å². The zero-order valence-corrected chi connectivity index (χ0v) is 32.5. The van der Waals surface area contributed by atoms with Gasteiger partial charge < -0.3 is 9.80 Å². The van der Waals surface area contributed by atoms with E-state index in [1.165, 1.54) is 67.3 Å². The van der Waals surface area contributed by atoms with Gasteiger partial charge in [-0.3, -0.25) is 0 Å². The maximum absolute atomic E-state index is 2.57. The average Bonchev–Trinajstić information content (AvgIpc) is 3.61. The van der Waals surface area contributed by atoms with Crippen molar-refractivity contribution in [1.29, 1.82) is 0 Å². The van der Waals surface area contributed by atoms with Gasteiger partial charge in [-0.2, -0.15) is 0 Å². The summed E-state index contributed by atoms with van der Waals surface area (Å²) in [6, 6.07) is 64.0. The molecule has 0 aromatic heterocycles. The molecule has 0 heterocycles. The number of para-hydroxylation sites is 4. The van der Waals surface area contributed by atoms with Crippen LogP contribution < -0.4 is 9.80 Å². The molecule has 3 aliphatic rings. The van der Waals surface area contributed by atoms with Gasteiger partial charge in [0.1, 0.15) is 0 Å². The molecule has 3 aliphatic carbocycles. The van der Waals surface area contributed by atoms with Gasteiger partial charge in [-0.05, 0) is 123 Å². The van der Waals surface area contributed by atoms with Crippen molar-refractivity contribution in [3.63, 3.8) is 0 Å². The van der Waals surface area contributed by atoms with E-state index in [1.54, 1.807) is 0 Å². The number of rotatable bonds is 7. The van der Waals surface area contributed by atoms with Crippen molar-refractivity contribution < 1.29 is 0 Å². The molecule has 0 fully saturated rings. The summed E-state index contributed by atoms with van der Waals surface area (Å²) >= 11 is 0. The molecule has 272 valence electrons. The highest BCUT2D eigenvalue weighted by atomic mass is 15.2. The first-order chi connectivity index (χ1) is 27.3. The lowest BCUT2D eigenvalue weighted by atomic mass is 9.70. The topological polar surface area (TPSA) is 6.48 Å². The number of hydrogen-bond donors (Lipinski definition) is 0. The zero-order chi connectivity index (χ0) is 38.0. The van der Waals surface area contributed by atoms with E-state index in [0.717, 1.165) is 11.4 Å². The predicted molar refractivity (Wildman–Crippen MR) is 236 cm³/mol. The van der Waals surface area contributed by atoms with Gasteiger partial charge in [0.2, 0.25) is 0 Å². The molecule has 2 heteroatoms. The smallest absolute Gasteiger partial charge is 0.0471 e. The van der Waals surface area contributed by atoms with Crippen LogP contribution in [0.15, 0.2) is 200 Å². The Balaban J connectivity index is 1.15. The van der Waals surface area contributed by atoms with E-state index in [-0.39, 0.29) is 10.8 Å². The monoisotopic (exact) mass is 722 g/mol. The maximum atomic E-state index is 2.57. The van der Waals surface area contributed by atoms with Crippen LogP contribution in [0.25, 0.3) is 22.3 Å². The second kappa shape index (κ2) is 13.1. The highest BCUT2D eigenvalue weighted by Gasteiger charge is 2.51. The van der Waals surface area contributed by atoms with Gasteiger partial charge in [0, 0.05) is 45.5 Å². The molecular weight excluding hydrogens is 677 g/mol. The SMILES string of the molecule is CC1(C)c2cc(N(c3ccccc3)c3ccccc3)cc(-c3ccccc3)c2-c2ccc3c(c21)C(C)(C)C1C=C(N(c2ccccc2)c2ccccc2)C=CC31. The van der Waals surface area contributed by atoms with Crippen LogP contribution in [0.5, 0.6) is 0 Å². The van der Waals surface area contributed by atoms with Crippen molar-refractivity contribution in [2.75, 3.05) is 9.80 Å². The summed E-state index contributed by atoms with van der Waals surface area (Å²) in [5.41, 5.74) is 17.8. The fourth-order valence-corrected chi connectivity index (χ4v) is 10.1. The van der Waals surface area contributed by atoms with E-state index in [1.807, 2.05) is 0 Å². The van der Waals surface area contributed by atoms with Gasteiger partial charge in [0.25, 0.3) is 0 Å². The van der Waals surface area contributed by atoms with E-state index in [2.05, 4.69) is 232 Å². The van der Waals surface area contributed by atoms with E-state index in [0.29, 0.717) is 11.8 Å². The quantitative estimate of drug-likeness (QED) is 0.162. The van der Waals surface area contributed by atoms with E-state index >= 15 is 0 Å². The zero-order valence-electron chi connectivity index (χ0n) is 32.5. The molecule has 0 spiro atoms. The summed E-state index contributed by atoms with van der Waals surface area (Å²) in [6.07, 6.45) is 7.41. The summed E-state index contributed by atoms with van der Waals surface area (Å²) in [5, 5.41) is 0. The average molecular weight is 723 g/mol. The first-order valence-corrected chi connectivity index (χ1v) is 19.9. The van der Waals surface area contributed by atoms with Crippen molar-refractivity contribution in [2.45, 2.75) is 44.4 Å². The largest absolute Gasteiger partial charge is 0.311 e. The molecule has 0 saturated heterocycles. The molecular formula is C54H46N2. The highest BCUT2D eigenvalue weighted by Crippen LogP contribution is 2.63. The lowest BCUT2D eigenvalue weighted by Crippen LogP contribution is -2.30. The van der Waals surface area contributed by atoms with Gasteiger partial charge in [-0.15, -0.1) is 0 Å². The van der Waals surface area contributed by atoms with Crippen LogP contribution in [0.2, 0.25) is 0 Å². The summed E-state index contributed by atoms with van der Waals surface area (Å²) in [4.78, 5) is 4.83. The Labute approximate surface area is 331 Å². The minimum absolute atomic E-state index is 0.116. The van der Waals surface area contributed by atoms with Gasteiger partial charge >= 0.3 is 0 Å². The number of anilines is 5. The van der Waals surface area contributed by atoms with Crippen molar-refractivity contribution >= 4 is 28.4 Å². The molecule has 7 aromatic carbocycles. The van der Waals surface area contributed by atoms with Crippen LogP contribution in [0.4, 0.5) is 28.4 Å². The van der Waals surface area contributed by atoms with Crippen LogP contribution in [0.3, 0.4) is 0 Å². The van der Waals surface area contributed by atoms with Crippen molar-refractivity contribution in [1.82, 2.24) is 0 Å². The third-order valence-corrected chi connectivity index (χ3v) is 12.6. The second-order valence-electron chi connectivity index (χ2n) is 16.6.